The van der Waals surface area contributed by atoms with Crippen molar-refractivity contribution in [2.75, 3.05) is 0 Å². The molecule has 16 heavy (non-hydrogen) atoms. The van der Waals surface area contributed by atoms with Crippen LogP contribution in [0, 0.1) is 0 Å². The van der Waals surface area contributed by atoms with Crippen molar-refractivity contribution in [2.24, 2.45) is 0 Å². The van der Waals surface area contributed by atoms with Gasteiger partial charge in [-0.25, -0.2) is 9.59 Å². The van der Waals surface area contributed by atoms with Gasteiger partial charge in [-0.05, 0) is 6.92 Å². The van der Waals surface area contributed by atoms with Crippen LogP contribution in [0.4, 0.5) is 0 Å². The van der Waals surface area contributed by atoms with Crippen molar-refractivity contribution in [1.82, 2.24) is 0 Å². The van der Waals surface area contributed by atoms with Crippen LogP contribution in [-0.2, 0) is 14.4 Å². The number of aliphatic hydroxyl groups excluding tert-OH is 1. The average molecular weight is 260 g/mol. The number of carboxylic acid groups (broad SMARTS) is 3. The van der Waals surface area contributed by atoms with E-state index in [2.05, 4.69) is 6.58 Å². The second kappa shape index (κ2) is 11.2. The standard InChI is InChI=1S/C4H6O5.C4H6O2.K.H/c5-2(4(8)9)1-3(6)7;1-3(2)4(5)6;;/h2,5H,1H2,(H,6,7)(H,8,9);1H2,2H3,(H,5,6);;/q;;+1;-1. The summed E-state index contributed by atoms with van der Waals surface area (Å²) >= 11 is 0. The predicted molar refractivity (Wildman–Crippen MR) is 49.5 cm³/mol. The monoisotopic (exact) mass is 260 g/mol. The summed E-state index contributed by atoms with van der Waals surface area (Å²) in [4.78, 5) is 29.0. The summed E-state index contributed by atoms with van der Waals surface area (Å²) in [5.74, 6) is -3.78. The van der Waals surface area contributed by atoms with Crippen LogP contribution in [0.1, 0.15) is 14.8 Å². The van der Waals surface area contributed by atoms with E-state index in [0.717, 1.165) is 0 Å². The number of carboxylic acids is 3. The molecule has 0 aliphatic heterocycles. The Morgan fingerprint density at radius 1 is 1.25 bits per heavy atom. The fraction of sp³-hybridized carbons (Fsp3) is 0.375. The summed E-state index contributed by atoms with van der Waals surface area (Å²) in [5, 5.41) is 32.0. The fourth-order valence-electron chi connectivity index (χ4n) is 0.253. The Bertz CT molecular complexity index is 267. The first-order valence-corrected chi connectivity index (χ1v) is 3.70. The molecule has 0 saturated carbocycles. The van der Waals surface area contributed by atoms with Gasteiger partial charge in [0.1, 0.15) is 0 Å². The van der Waals surface area contributed by atoms with E-state index in [9.17, 15) is 14.4 Å². The molecular weight excluding hydrogens is 247 g/mol. The van der Waals surface area contributed by atoms with Crippen LogP contribution in [0.2, 0.25) is 0 Å². The van der Waals surface area contributed by atoms with E-state index in [1.54, 1.807) is 0 Å². The Hall–Kier alpha value is -0.254. The summed E-state index contributed by atoms with van der Waals surface area (Å²) in [5.41, 5.74) is 0.176. The van der Waals surface area contributed by atoms with Gasteiger partial charge in [-0.1, -0.05) is 6.58 Å². The van der Waals surface area contributed by atoms with Crippen molar-refractivity contribution in [3.63, 3.8) is 0 Å². The zero-order chi connectivity index (χ0) is 12.6. The molecule has 0 aromatic rings. The Morgan fingerprint density at radius 2 is 1.56 bits per heavy atom. The topological polar surface area (TPSA) is 132 Å². The van der Waals surface area contributed by atoms with Crippen molar-refractivity contribution in [1.29, 1.82) is 0 Å². The Morgan fingerprint density at radius 3 is 1.62 bits per heavy atom. The first kappa shape index (κ1) is 21.1. The molecule has 0 saturated heterocycles. The summed E-state index contributed by atoms with van der Waals surface area (Å²) in [6.45, 7) is 4.60. The molecular formula is C8H13KO7. The van der Waals surface area contributed by atoms with E-state index >= 15 is 0 Å². The largest absolute Gasteiger partial charge is 1.00 e. The number of rotatable bonds is 4. The number of hydrogen-bond donors (Lipinski definition) is 4. The molecule has 0 aromatic heterocycles. The quantitative estimate of drug-likeness (QED) is 0.307. The molecule has 4 N–H and O–H groups in total. The van der Waals surface area contributed by atoms with Crippen molar-refractivity contribution < 1.29 is 87.6 Å². The molecule has 0 radical (unpaired) electrons. The van der Waals surface area contributed by atoms with Crippen molar-refractivity contribution in [3.8, 4) is 0 Å². The minimum atomic E-state index is -1.79. The molecule has 0 aromatic carbocycles. The fourth-order valence-corrected chi connectivity index (χ4v) is 0.253. The molecule has 88 valence electrons. The molecule has 0 heterocycles. The van der Waals surface area contributed by atoms with Crippen LogP contribution in [0.5, 0.6) is 0 Å². The molecule has 1 atom stereocenters. The van der Waals surface area contributed by atoms with Gasteiger partial charge in [-0.3, -0.25) is 4.79 Å². The molecule has 0 rings (SSSR count). The average Bonchev–Trinajstić information content (AvgIpc) is 2.03. The van der Waals surface area contributed by atoms with E-state index in [1.807, 2.05) is 0 Å². The van der Waals surface area contributed by atoms with Gasteiger partial charge >= 0.3 is 69.3 Å². The summed E-state index contributed by atoms with van der Waals surface area (Å²) < 4.78 is 0. The zero-order valence-electron chi connectivity index (χ0n) is 10.0. The molecule has 0 spiro atoms. The van der Waals surface area contributed by atoms with Crippen LogP contribution in [0.25, 0.3) is 0 Å². The zero-order valence-corrected chi connectivity index (χ0v) is 12.1. The van der Waals surface area contributed by atoms with Gasteiger partial charge < -0.3 is 21.9 Å². The first-order chi connectivity index (χ1) is 6.68. The van der Waals surface area contributed by atoms with Gasteiger partial charge in [0.2, 0.25) is 0 Å². The molecule has 0 amide bonds. The van der Waals surface area contributed by atoms with Gasteiger partial charge in [-0.15, -0.1) is 0 Å². The SMILES string of the molecule is C=C(C)C(=O)O.O=C(O)CC(O)C(=O)O.[H-].[K+]. The maximum Gasteiger partial charge on any atom is 1.00 e. The minimum absolute atomic E-state index is 0. The number of aliphatic hydroxyl groups is 1. The summed E-state index contributed by atoms with van der Waals surface area (Å²) in [7, 11) is 0. The Balaban J connectivity index is -0.0000000945. The predicted octanol–water partition coefficient (Wildman–Crippen LogP) is -3.33. The van der Waals surface area contributed by atoms with Crippen LogP contribution >= 0.6 is 0 Å². The second-order valence-corrected chi connectivity index (χ2v) is 2.54. The molecule has 0 bridgehead atoms. The molecule has 8 heteroatoms. The first-order valence-electron chi connectivity index (χ1n) is 3.70. The maximum atomic E-state index is 9.72. The molecule has 7 nitrogen and oxygen atoms in total. The molecule has 0 aliphatic carbocycles. The van der Waals surface area contributed by atoms with E-state index in [1.165, 1.54) is 6.92 Å². The summed E-state index contributed by atoms with van der Waals surface area (Å²) in [6.07, 6.45) is -2.54. The van der Waals surface area contributed by atoms with Crippen LogP contribution in [-0.4, -0.2) is 44.4 Å². The van der Waals surface area contributed by atoms with E-state index in [0.29, 0.717) is 0 Å². The third-order valence-electron chi connectivity index (χ3n) is 1.02. The normalized spacial score (nSPS) is 9.88. The van der Waals surface area contributed by atoms with Gasteiger partial charge in [0.05, 0.1) is 6.42 Å². The Kier molecular flexibility index (Phi) is 14.8. The smallest absolute Gasteiger partial charge is 1.00 e. The molecule has 1 unspecified atom stereocenters. The second-order valence-electron chi connectivity index (χ2n) is 2.54. The Labute approximate surface area is 136 Å². The third kappa shape index (κ3) is 16.2. The van der Waals surface area contributed by atoms with E-state index in [4.69, 9.17) is 20.4 Å². The van der Waals surface area contributed by atoms with Gasteiger partial charge in [-0.2, -0.15) is 0 Å². The molecule has 0 fully saturated rings. The van der Waals surface area contributed by atoms with Crippen molar-refractivity contribution in [2.45, 2.75) is 19.4 Å². The summed E-state index contributed by atoms with van der Waals surface area (Å²) in [6, 6.07) is 0. The van der Waals surface area contributed by atoms with Gasteiger partial charge in [0, 0.05) is 5.57 Å². The van der Waals surface area contributed by atoms with E-state index < -0.39 is 30.4 Å². The van der Waals surface area contributed by atoms with Crippen LogP contribution < -0.4 is 51.4 Å². The number of carbonyl (C=O) groups is 3. The van der Waals surface area contributed by atoms with Crippen molar-refractivity contribution in [3.05, 3.63) is 12.2 Å². The van der Waals surface area contributed by atoms with Crippen LogP contribution in [0.15, 0.2) is 12.2 Å². The maximum absolute atomic E-state index is 9.72. The molecule has 0 aliphatic rings. The number of hydrogen-bond acceptors (Lipinski definition) is 4. The van der Waals surface area contributed by atoms with E-state index in [-0.39, 0.29) is 58.4 Å². The van der Waals surface area contributed by atoms with Gasteiger partial charge in [0.15, 0.2) is 6.10 Å². The van der Waals surface area contributed by atoms with Crippen molar-refractivity contribution >= 4 is 17.9 Å². The van der Waals surface area contributed by atoms with Crippen LogP contribution in [0.3, 0.4) is 0 Å². The third-order valence-corrected chi connectivity index (χ3v) is 1.02. The number of aliphatic carboxylic acids is 3. The van der Waals surface area contributed by atoms with Gasteiger partial charge in [0.25, 0.3) is 0 Å². The minimum Gasteiger partial charge on any atom is -1.00 e.